The summed E-state index contributed by atoms with van der Waals surface area (Å²) in [6.45, 7) is 1.03. The van der Waals surface area contributed by atoms with Gasteiger partial charge in [0.2, 0.25) is 5.91 Å². The van der Waals surface area contributed by atoms with Gasteiger partial charge in [-0.3, -0.25) is 14.5 Å². The third-order valence-electron chi connectivity index (χ3n) is 2.36. The van der Waals surface area contributed by atoms with Crippen molar-refractivity contribution in [3.8, 4) is 0 Å². The van der Waals surface area contributed by atoms with Crippen LogP contribution in [0.2, 0.25) is 0 Å². The molecular weight excluding hydrogens is 296 g/mol. The SMILES string of the molecule is O=C(CCn1cc(Br)cn1)NCc1ccccn1. The van der Waals surface area contributed by atoms with Gasteiger partial charge in [0, 0.05) is 25.4 Å². The van der Waals surface area contributed by atoms with E-state index in [-0.39, 0.29) is 5.91 Å². The zero-order valence-corrected chi connectivity index (χ0v) is 11.3. The van der Waals surface area contributed by atoms with E-state index in [0.29, 0.717) is 19.5 Å². The maximum Gasteiger partial charge on any atom is 0.222 e. The van der Waals surface area contributed by atoms with Crippen LogP contribution in [0, 0.1) is 0 Å². The first-order valence-corrected chi connectivity index (χ1v) is 6.38. The summed E-state index contributed by atoms with van der Waals surface area (Å²) in [5.74, 6) is -0.00715. The third-order valence-corrected chi connectivity index (χ3v) is 2.77. The highest BCUT2D eigenvalue weighted by Crippen LogP contribution is 2.06. The van der Waals surface area contributed by atoms with E-state index in [2.05, 4.69) is 31.3 Å². The average Bonchev–Trinajstić information content (AvgIpc) is 2.81. The zero-order chi connectivity index (χ0) is 12.8. The second-order valence-corrected chi connectivity index (χ2v) is 4.69. The molecule has 5 nitrogen and oxygen atoms in total. The molecule has 0 fully saturated rings. The van der Waals surface area contributed by atoms with Gasteiger partial charge in [0.1, 0.15) is 0 Å². The van der Waals surface area contributed by atoms with Crippen LogP contribution in [0.3, 0.4) is 0 Å². The van der Waals surface area contributed by atoms with Crippen molar-refractivity contribution in [3.63, 3.8) is 0 Å². The van der Waals surface area contributed by atoms with E-state index >= 15 is 0 Å². The van der Waals surface area contributed by atoms with Crippen LogP contribution >= 0.6 is 15.9 Å². The standard InChI is InChI=1S/C12H13BrN4O/c13-10-7-16-17(9-10)6-4-12(18)15-8-11-3-1-2-5-14-11/h1-3,5,7,9H,4,6,8H2,(H,15,18). The summed E-state index contributed by atoms with van der Waals surface area (Å²) in [5, 5.41) is 6.91. The van der Waals surface area contributed by atoms with Crippen LogP contribution in [0.4, 0.5) is 0 Å². The molecule has 2 aromatic rings. The van der Waals surface area contributed by atoms with Gasteiger partial charge in [0.05, 0.1) is 22.9 Å². The van der Waals surface area contributed by atoms with Gasteiger partial charge < -0.3 is 5.32 Å². The molecule has 0 radical (unpaired) electrons. The molecule has 0 aliphatic heterocycles. The molecule has 6 heteroatoms. The van der Waals surface area contributed by atoms with E-state index in [4.69, 9.17) is 0 Å². The molecule has 0 aliphatic carbocycles. The number of nitrogens with zero attached hydrogens (tertiary/aromatic N) is 3. The first-order valence-electron chi connectivity index (χ1n) is 5.58. The first kappa shape index (κ1) is 12.8. The number of pyridine rings is 1. The summed E-state index contributed by atoms with van der Waals surface area (Å²) in [5.41, 5.74) is 0.854. The lowest BCUT2D eigenvalue weighted by Gasteiger charge is -2.04. The van der Waals surface area contributed by atoms with E-state index in [0.717, 1.165) is 10.2 Å². The number of hydrogen-bond acceptors (Lipinski definition) is 3. The second kappa shape index (κ2) is 6.30. The number of carbonyl (C=O) groups is 1. The average molecular weight is 309 g/mol. The van der Waals surface area contributed by atoms with Crippen LogP contribution in [0.25, 0.3) is 0 Å². The molecule has 18 heavy (non-hydrogen) atoms. The van der Waals surface area contributed by atoms with E-state index in [1.807, 2.05) is 24.4 Å². The number of amides is 1. The van der Waals surface area contributed by atoms with Crippen molar-refractivity contribution in [2.24, 2.45) is 0 Å². The first-order chi connectivity index (χ1) is 8.74. The van der Waals surface area contributed by atoms with Gasteiger partial charge in [0.25, 0.3) is 0 Å². The van der Waals surface area contributed by atoms with Gasteiger partial charge in [-0.15, -0.1) is 0 Å². The van der Waals surface area contributed by atoms with Crippen molar-refractivity contribution >= 4 is 21.8 Å². The maximum atomic E-state index is 11.6. The number of hydrogen-bond donors (Lipinski definition) is 1. The van der Waals surface area contributed by atoms with Gasteiger partial charge in [0.15, 0.2) is 0 Å². The lowest BCUT2D eigenvalue weighted by Crippen LogP contribution is -2.24. The summed E-state index contributed by atoms with van der Waals surface area (Å²) in [6, 6.07) is 5.63. The zero-order valence-electron chi connectivity index (χ0n) is 9.71. The monoisotopic (exact) mass is 308 g/mol. The Labute approximate surface area is 113 Å². The lowest BCUT2D eigenvalue weighted by molar-refractivity contribution is -0.121. The molecule has 2 aromatic heterocycles. The highest BCUT2D eigenvalue weighted by atomic mass is 79.9. The number of halogens is 1. The summed E-state index contributed by atoms with van der Waals surface area (Å²) in [4.78, 5) is 15.7. The minimum absolute atomic E-state index is 0.00715. The number of aromatic nitrogens is 3. The predicted octanol–water partition coefficient (Wildman–Crippen LogP) is 1.75. The fraction of sp³-hybridized carbons (Fsp3) is 0.250. The maximum absolute atomic E-state index is 11.6. The molecular formula is C12H13BrN4O. The smallest absolute Gasteiger partial charge is 0.222 e. The molecule has 0 atom stereocenters. The van der Waals surface area contributed by atoms with E-state index in [1.165, 1.54) is 0 Å². The molecule has 0 saturated carbocycles. The van der Waals surface area contributed by atoms with E-state index in [1.54, 1.807) is 17.1 Å². The van der Waals surface area contributed by atoms with Crippen molar-refractivity contribution < 1.29 is 4.79 Å². The van der Waals surface area contributed by atoms with Gasteiger partial charge in [-0.25, -0.2) is 0 Å². The van der Waals surface area contributed by atoms with Gasteiger partial charge in [-0.1, -0.05) is 6.07 Å². The number of carbonyl (C=O) groups excluding carboxylic acids is 1. The molecule has 1 amide bonds. The molecule has 94 valence electrons. The van der Waals surface area contributed by atoms with Gasteiger partial charge >= 0.3 is 0 Å². The number of aryl methyl sites for hydroxylation is 1. The molecule has 2 rings (SSSR count). The van der Waals surface area contributed by atoms with Crippen molar-refractivity contribution in [2.45, 2.75) is 19.5 Å². The number of rotatable bonds is 5. The minimum atomic E-state index is -0.00715. The third kappa shape index (κ3) is 3.96. The topological polar surface area (TPSA) is 59.8 Å². The van der Waals surface area contributed by atoms with Gasteiger partial charge in [-0.05, 0) is 28.1 Å². The van der Waals surface area contributed by atoms with Crippen molar-refractivity contribution in [3.05, 3.63) is 47.0 Å². The van der Waals surface area contributed by atoms with Crippen LogP contribution in [-0.2, 0) is 17.9 Å². The van der Waals surface area contributed by atoms with E-state index in [9.17, 15) is 4.79 Å². The van der Waals surface area contributed by atoms with Crippen LogP contribution in [-0.4, -0.2) is 20.7 Å². The summed E-state index contributed by atoms with van der Waals surface area (Å²) in [7, 11) is 0. The van der Waals surface area contributed by atoms with Crippen molar-refractivity contribution in [1.82, 2.24) is 20.1 Å². The van der Waals surface area contributed by atoms with Crippen molar-refractivity contribution in [1.29, 1.82) is 0 Å². The Morgan fingerprint density at radius 2 is 2.33 bits per heavy atom. The van der Waals surface area contributed by atoms with Crippen LogP contribution in [0.5, 0.6) is 0 Å². The molecule has 0 saturated heterocycles. The fourth-order valence-corrected chi connectivity index (χ4v) is 1.78. The normalized spacial score (nSPS) is 10.3. The molecule has 2 heterocycles. The summed E-state index contributed by atoms with van der Waals surface area (Å²) in [6.07, 6.45) is 5.65. The van der Waals surface area contributed by atoms with Crippen LogP contribution < -0.4 is 5.32 Å². The van der Waals surface area contributed by atoms with Crippen LogP contribution in [0.1, 0.15) is 12.1 Å². The molecule has 0 spiro atoms. The van der Waals surface area contributed by atoms with Crippen LogP contribution in [0.15, 0.2) is 41.3 Å². The quantitative estimate of drug-likeness (QED) is 0.915. The molecule has 0 aliphatic rings. The largest absolute Gasteiger partial charge is 0.350 e. The Kier molecular flexibility index (Phi) is 4.46. The highest BCUT2D eigenvalue weighted by molar-refractivity contribution is 9.10. The minimum Gasteiger partial charge on any atom is -0.350 e. The predicted molar refractivity (Wildman–Crippen MR) is 70.6 cm³/mol. The Morgan fingerprint density at radius 1 is 1.44 bits per heavy atom. The highest BCUT2D eigenvalue weighted by Gasteiger charge is 2.03. The van der Waals surface area contributed by atoms with E-state index < -0.39 is 0 Å². The number of nitrogens with one attached hydrogen (secondary N) is 1. The summed E-state index contributed by atoms with van der Waals surface area (Å²) >= 11 is 3.31. The fourth-order valence-electron chi connectivity index (χ4n) is 1.46. The Balaban J connectivity index is 1.73. The summed E-state index contributed by atoms with van der Waals surface area (Å²) < 4.78 is 2.64. The van der Waals surface area contributed by atoms with Crippen molar-refractivity contribution in [2.75, 3.05) is 0 Å². The Morgan fingerprint density at radius 3 is 3.00 bits per heavy atom. The molecule has 0 unspecified atom stereocenters. The molecule has 1 N–H and O–H groups in total. The molecule has 0 bridgehead atoms. The molecule has 0 aromatic carbocycles. The Hall–Kier alpha value is -1.69. The lowest BCUT2D eigenvalue weighted by atomic mass is 10.3. The van der Waals surface area contributed by atoms with Gasteiger partial charge in [-0.2, -0.15) is 5.10 Å². The Bertz CT molecular complexity index is 512. The second-order valence-electron chi connectivity index (χ2n) is 3.77.